The van der Waals surface area contributed by atoms with Crippen LogP contribution < -0.4 is 9.47 Å². The Balaban J connectivity index is 1.25. The number of hydrogen-bond donors (Lipinski definition) is 0. The summed E-state index contributed by atoms with van der Waals surface area (Å²) >= 11 is 0. The quantitative estimate of drug-likeness (QED) is 0.219. The first-order valence-electron chi connectivity index (χ1n) is 13.5. The van der Waals surface area contributed by atoms with Crippen molar-refractivity contribution in [2.24, 2.45) is 0 Å². The SMILES string of the molecule is c1ccc(-c2c3ccccc3c(-c3ccc(-c4ccc5c(c4)Oc4ccccc4O5)cc3)c3ccccc23)cc1. The molecule has 0 fully saturated rings. The van der Waals surface area contributed by atoms with Crippen molar-refractivity contribution in [2.75, 3.05) is 0 Å². The summed E-state index contributed by atoms with van der Waals surface area (Å²) in [7, 11) is 0. The molecule has 2 heteroatoms. The molecule has 188 valence electrons. The lowest BCUT2D eigenvalue weighted by molar-refractivity contribution is 0.360. The summed E-state index contributed by atoms with van der Waals surface area (Å²) in [4.78, 5) is 0. The highest BCUT2D eigenvalue weighted by Gasteiger charge is 2.19. The molecule has 0 radical (unpaired) electrons. The number of fused-ring (bicyclic) bond motifs is 4. The topological polar surface area (TPSA) is 18.5 Å². The van der Waals surface area contributed by atoms with Crippen LogP contribution in [0.2, 0.25) is 0 Å². The van der Waals surface area contributed by atoms with Crippen LogP contribution in [0, 0.1) is 0 Å². The number of hydrogen-bond acceptors (Lipinski definition) is 2. The first-order chi connectivity index (χ1) is 19.8. The van der Waals surface area contributed by atoms with Crippen LogP contribution in [0.3, 0.4) is 0 Å². The number of benzene rings is 7. The van der Waals surface area contributed by atoms with Crippen LogP contribution in [-0.4, -0.2) is 0 Å². The van der Waals surface area contributed by atoms with Crippen molar-refractivity contribution in [1.29, 1.82) is 0 Å². The number of para-hydroxylation sites is 2. The first kappa shape index (κ1) is 22.6. The molecule has 0 saturated carbocycles. The zero-order valence-electron chi connectivity index (χ0n) is 21.7. The van der Waals surface area contributed by atoms with Gasteiger partial charge in [-0.2, -0.15) is 0 Å². The molecular weight excluding hydrogens is 488 g/mol. The Kier molecular flexibility index (Phi) is 5.17. The molecule has 0 aliphatic carbocycles. The zero-order chi connectivity index (χ0) is 26.5. The van der Waals surface area contributed by atoms with Crippen LogP contribution in [0.4, 0.5) is 0 Å². The average molecular weight is 513 g/mol. The molecule has 0 amide bonds. The predicted molar refractivity (Wildman–Crippen MR) is 164 cm³/mol. The zero-order valence-corrected chi connectivity index (χ0v) is 21.7. The molecule has 40 heavy (non-hydrogen) atoms. The van der Waals surface area contributed by atoms with Crippen molar-refractivity contribution in [3.8, 4) is 56.4 Å². The lowest BCUT2D eigenvalue weighted by Gasteiger charge is -2.21. The minimum Gasteiger partial charge on any atom is -0.450 e. The summed E-state index contributed by atoms with van der Waals surface area (Å²) in [5.74, 6) is 2.94. The van der Waals surface area contributed by atoms with E-state index in [1.165, 1.54) is 43.8 Å². The van der Waals surface area contributed by atoms with Gasteiger partial charge in [0.15, 0.2) is 23.0 Å². The normalized spacial score (nSPS) is 11.9. The molecule has 1 aliphatic heterocycles. The van der Waals surface area contributed by atoms with Gasteiger partial charge in [-0.15, -0.1) is 0 Å². The van der Waals surface area contributed by atoms with Gasteiger partial charge in [0.2, 0.25) is 0 Å². The van der Waals surface area contributed by atoms with E-state index >= 15 is 0 Å². The molecule has 0 atom stereocenters. The molecular formula is C38H24O2. The Labute approximate surface area is 232 Å². The van der Waals surface area contributed by atoms with Crippen LogP contribution >= 0.6 is 0 Å². The van der Waals surface area contributed by atoms with E-state index < -0.39 is 0 Å². The molecule has 0 unspecified atom stereocenters. The van der Waals surface area contributed by atoms with Gasteiger partial charge in [0, 0.05) is 0 Å². The molecule has 1 heterocycles. The van der Waals surface area contributed by atoms with Gasteiger partial charge < -0.3 is 9.47 Å². The third-order valence-corrected chi connectivity index (χ3v) is 7.73. The van der Waals surface area contributed by atoms with Gasteiger partial charge in [-0.1, -0.05) is 121 Å². The predicted octanol–water partition coefficient (Wildman–Crippen LogP) is 10.9. The maximum absolute atomic E-state index is 6.15. The van der Waals surface area contributed by atoms with Gasteiger partial charge in [-0.3, -0.25) is 0 Å². The third-order valence-electron chi connectivity index (χ3n) is 7.73. The Hall–Kier alpha value is -5.34. The summed E-state index contributed by atoms with van der Waals surface area (Å²) < 4.78 is 12.2. The van der Waals surface area contributed by atoms with Gasteiger partial charge >= 0.3 is 0 Å². The molecule has 7 aromatic carbocycles. The van der Waals surface area contributed by atoms with Crippen molar-refractivity contribution in [3.05, 3.63) is 146 Å². The van der Waals surface area contributed by atoms with E-state index in [2.05, 4.69) is 115 Å². The number of rotatable bonds is 3. The maximum atomic E-state index is 6.15. The fraction of sp³-hybridized carbons (Fsp3) is 0. The van der Waals surface area contributed by atoms with Crippen LogP contribution in [0.25, 0.3) is 54.9 Å². The fourth-order valence-corrected chi connectivity index (χ4v) is 5.89. The first-order valence-corrected chi connectivity index (χ1v) is 13.5. The molecule has 2 nitrogen and oxygen atoms in total. The lowest BCUT2D eigenvalue weighted by Crippen LogP contribution is -1.98. The molecule has 0 aromatic heterocycles. The molecule has 8 rings (SSSR count). The largest absolute Gasteiger partial charge is 0.450 e. The molecule has 0 saturated heterocycles. The van der Waals surface area contributed by atoms with Gasteiger partial charge in [0.1, 0.15) is 0 Å². The van der Waals surface area contributed by atoms with E-state index in [0.717, 1.165) is 34.1 Å². The Bertz CT molecular complexity index is 1980. The molecule has 0 N–H and O–H groups in total. The minimum absolute atomic E-state index is 0.730. The average Bonchev–Trinajstić information content (AvgIpc) is 3.03. The third kappa shape index (κ3) is 3.65. The van der Waals surface area contributed by atoms with Crippen LogP contribution in [-0.2, 0) is 0 Å². The summed E-state index contributed by atoms with van der Waals surface area (Å²) in [6.45, 7) is 0. The second kappa shape index (κ2) is 9.14. The fourth-order valence-electron chi connectivity index (χ4n) is 5.89. The Morgan fingerprint density at radius 2 is 0.675 bits per heavy atom. The van der Waals surface area contributed by atoms with E-state index in [0.29, 0.717) is 0 Å². The molecule has 1 aliphatic rings. The monoisotopic (exact) mass is 512 g/mol. The second-order valence-electron chi connectivity index (χ2n) is 10.1. The summed E-state index contributed by atoms with van der Waals surface area (Å²) in [6.07, 6.45) is 0. The van der Waals surface area contributed by atoms with E-state index in [4.69, 9.17) is 9.47 Å². The van der Waals surface area contributed by atoms with Gasteiger partial charge in [-0.25, -0.2) is 0 Å². The van der Waals surface area contributed by atoms with Gasteiger partial charge in [0.25, 0.3) is 0 Å². The highest BCUT2D eigenvalue weighted by Crippen LogP contribution is 2.47. The lowest BCUT2D eigenvalue weighted by atomic mass is 9.86. The standard InChI is InChI=1S/C38H24O2/c1-2-10-26(11-3-1)37-29-12-4-6-14-31(29)38(32-15-7-5-13-30(32)37)27-20-18-25(19-21-27)28-22-23-35-36(24-28)40-34-17-9-8-16-33(34)39-35/h1-24H. The van der Waals surface area contributed by atoms with Gasteiger partial charge in [0.05, 0.1) is 0 Å². The van der Waals surface area contributed by atoms with Gasteiger partial charge in [-0.05, 0) is 79.2 Å². The summed E-state index contributed by atoms with van der Waals surface area (Å²) in [5, 5.41) is 5.04. The van der Waals surface area contributed by atoms with E-state index in [9.17, 15) is 0 Å². The van der Waals surface area contributed by atoms with E-state index in [1.54, 1.807) is 0 Å². The van der Waals surface area contributed by atoms with Crippen LogP contribution in [0.1, 0.15) is 0 Å². The van der Waals surface area contributed by atoms with Crippen molar-refractivity contribution < 1.29 is 9.47 Å². The van der Waals surface area contributed by atoms with E-state index in [-0.39, 0.29) is 0 Å². The minimum atomic E-state index is 0.730. The Morgan fingerprint density at radius 3 is 1.25 bits per heavy atom. The highest BCUT2D eigenvalue weighted by atomic mass is 16.6. The Morgan fingerprint density at radius 1 is 0.275 bits per heavy atom. The van der Waals surface area contributed by atoms with Crippen molar-refractivity contribution >= 4 is 21.5 Å². The van der Waals surface area contributed by atoms with Crippen LogP contribution in [0.15, 0.2) is 146 Å². The molecule has 0 spiro atoms. The maximum Gasteiger partial charge on any atom is 0.170 e. The second-order valence-corrected chi connectivity index (χ2v) is 10.1. The number of ether oxygens (including phenoxy) is 2. The smallest absolute Gasteiger partial charge is 0.170 e. The molecule has 7 aromatic rings. The van der Waals surface area contributed by atoms with E-state index in [1.807, 2.05) is 30.3 Å². The van der Waals surface area contributed by atoms with Crippen LogP contribution in [0.5, 0.6) is 23.0 Å². The molecule has 0 bridgehead atoms. The highest BCUT2D eigenvalue weighted by molar-refractivity contribution is 6.21. The summed E-state index contributed by atoms with van der Waals surface area (Å²) in [5.41, 5.74) is 7.19. The van der Waals surface area contributed by atoms with Crippen molar-refractivity contribution in [3.63, 3.8) is 0 Å². The van der Waals surface area contributed by atoms with Crippen molar-refractivity contribution in [2.45, 2.75) is 0 Å². The van der Waals surface area contributed by atoms with Crippen molar-refractivity contribution in [1.82, 2.24) is 0 Å². The summed E-state index contributed by atoms with van der Waals surface area (Å²) in [6, 6.07) is 51.0.